The van der Waals surface area contributed by atoms with Gasteiger partial charge in [0, 0.05) is 5.56 Å². The van der Waals surface area contributed by atoms with Crippen molar-refractivity contribution in [2.75, 3.05) is 13.2 Å². The second kappa shape index (κ2) is 9.92. The van der Waals surface area contributed by atoms with Crippen LogP contribution in [0.4, 0.5) is 26.3 Å². The van der Waals surface area contributed by atoms with Gasteiger partial charge in [-0.15, -0.1) is 18.8 Å². The Kier molecular flexibility index (Phi) is 7.76. The van der Waals surface area contributed by atoms with Gasteiger partial charge in [-0.3, -0.25) is 4.84 Å². The second-order valence-corrected chi connectivity index (χ2v) is 5.99. The SMILES string of the molecule is C=[N+](O)OCC(CONN)OC(=O)C1=Cc2cc(OC(F)(F)F)ccc2O[C@@H]1C(F)(F)F. The van der Waals surface area contributed by atoms with E-state index in [9.17, 15) is 31.1 Å². The summed E-state index contributed by atoms with van der Waals surface area (Å²) in [6, 6.07) is 2.31. The van der Waals surface area contributed by atoms with Crippen LogP contribution in [-0.4, -0.2) is 60.8 Å². The number of nitrogens with zero attached hydrogens (tertiary/aromatic N) is 1. The number of benzene rings is 1. The van der Waals surface area contributed by atoms with E-state index in [1.54, 1.807) is 5.59 Å². The summed E-state index contributed by atoms with van der Waals surface area (Å²) in [6.45, 7) is 1.80. The molecule has 1 heterocycles. The lowest BCUT2D eigenvalue weighted by molar-refractivity contribution is -0.957. The molecule has 32 heavy (non-hydrogen) atoms. The molecule has 0 bridgehead atoms. The molecule has 0 amide bonds. The molecule has 0 saturated heterocycles. The Morgan fingerprint density at radius 1 is 1.28 bits per heavy atom. The first kappa shape index (κ1) is 25.0. The van der Waals surface area contributed by atoms with Gasteiger partial charge in [-0.2, -0.15) is 13.2 Å². The average molecular weight is 476 g/mol. The lowest BCUT2D eigenvalue weighted by Crippen LogP contribution is -2.42. The zero-order valence-electron chi connectivity index (χ0n) is 15.8. The predicted octanol–water partition coefficient (Wildman–Crippen LogP) is 1.63. The van der Waals surface area contributed by atoms with E-state index in [1.165, 1.54) is 0 Å². The van der Waals surface area contributed by atoms with Crippen LogP contribution in [0.2, 0.25) is 0 Å². The molecule has 10 nitrogen and oxygen atoms in total. The molecule has 16 heteroatoms. The molecule has 1 unspecified atom stereocenters. The van der Waals surface area contributed by atoms with E-state index in [4.69, 9.17) is 20.5 Å². The minimum Gasteiger partial charge on any atom is -0.475 e. The van der Waals surface area contributed by atoms with Gasteiger partial charge in [-0.05, 0) is 24.3 Å². The number of carbonyl (C=O) groups is 1. The van der Waals surface area contributed by atoms with Gasteiger partial charge in [0.05, 0.1) is 5.57 Å². The zero-order chi connectivity index (χ0) is 24.1. The quantitative estimate of drug-likeness (QED) is 0.122. The summed E-state index contributed by atoms with van der Waals surface area (Å²) in [6.07, 6.45) is -13.7. The van der Waals surface area contributed by atoms with Crippen LogP contribution in [-0.2, 0) is 19.2 Å². The van der Waals surface area contributed by atoms with Crippen molar-refractivity contribution in [1.29, 1.82) is 0 Å². The smallest absolute Gasteiger partial charge is 0.475 e. The molecule has 178 valence electrons. The molecule has 1 aliphatic rings. The maximum absolute atomic E-state index is 13.5. The summed E-state index contributed by atoms with van der Waals surface area (Å²) in [5.74, 6) is 2.15. The number of carbonyl (C=O) groups excluding carboxylic acids is 1. The summed E-state index contributed by atoms with van der Waals surface area (Å²) in [5.41, 5.74) is 0.372. The first-order chi connectivity index (χ1) is 14.8. The molecule has 2 rings (SSSR count). The van der Waals surface area contributed by atoms with Crippen LogP contribution in [0.5, 0.6) is 11.5 Å². The highest BCUT2D eigenvalue weighted by atomic mass is 19.4. The highest BCUT2D eigenvalue weighted by molar-refractivity contribution is 5.96. The van der Waals surface area contributed by atoms with Crippen molar-refractivity contribution in [2.45, 2.75) is 24.7 Å². The fourth-order valence-electron chi connectivity index (χ4n) is 2.43. The van der Waals surface area contributed by atoms with Crippen LogP contribution in [0, 0.1) is 0 Å². The largest absolute Gasteiger partial charge is 0.573 e. The van der Waals surface area contributed by atoms with Crippen LogP contribution in [0.3, 0.4) is 0 Å². The third-order valence-corrected chi connectivity index (χ3v) is 3.62. The van der Waals surface area contributed by atoms with E-state index < -0.39 is 61.0 Å². The Morgan fingerprint density at radius 2 is 1.97 bits per heavy atom. The van der Waals surface area contributed by atoms with Crippen molar-refractivity contribution >= 4 is 18.8 Å². The minimum absolute atomic E-state index is 0.00333. The lowest BCUT2D eigenvalue weighted by Gasteiger charge is -2.28. The van der Waals surface area contributed by atoms with Crippen LogP contribution in [0.25, 0.3) is 6.08 Å². The monoisotopic (exact) mass is 476 g/mol. The Morgan fingerprint density at radius 3 is 2.53 bits per heavy atom. The molecule has 0 aromatic heterocycles. The second-order valence-electron chi connectivity index (χ2n) is 5.99. The third-order valence-electron chi connectivity index (χ3n) is 3.62. The average Bonchev–Trinajstić information content (AvgIpc) is 2.66. The van der Waals surface area contributed by atoms with E-state index >= 15 is 0 Å². The lowest BCUT2D eigenvalue weighted by atomic mass is 10.0. The van der Waals surface area contributed by atoms with Gasteiger partial charge in [-0.25, -0.2) is 20.7 Å². The number of hydrogen-bond acceptors (Lipinski definition) is 9. The van der Waals surface area contributed by atoms with Gasteiger partial charge in [0.25, 0.3) is 0 Å². The predicted molar refractivity (Wildman–Crippen MR) is 89.8 cm³/mol. The number of hydrogen-bond donors (Lipinski definition) is 3. The number of esters is 1. The van der Waals surface area contributed by atoms with Crippen molar-refractivity contribution in [2.24, 2.45) is 5.84 Å². The Balaban J connectivity index is 2.34. The van der Waals surface area contributed by atoms with E-state index in [-0.39, 0.29) is 10.5 Å². The van der Waals surface area contributed by atoms with Gasteiger partial charge < -0.3 is 14.2 Å². The zero-order valence-corrected chi connectivity index (χ0v) is 15.8. The summed E-state index contributed by atoms with van der Waals surface area (Å²) in [5, 5.41) is 8.88. The molecule has 4 N–H and O–H groups in total. The standard InChI is InChI=1S/C16H16F6N3O7/c1-25(27)29-7-10(6-28-24-23)30-14(26)11-5-8-4-9(32-16(20,21)22)2-3-12(8)31-13(11)15(17,18)19/h2-5,10,13,24,27H,1,6-7,23H2/q+1/t10?,13-/m0/s1. The highest BCUT2D eigenvalue weighted by Gasteiger charge is 2.49. The molecule has 1 aromatic rings. The Hall–Kier alpha value is -3.24. The van der Waals surface area contributed by atoms with Crippen molar-refractivity contribution < 1.29 is 65.1 Å². The van der Waals surface area contributed by atoms with E-state index in [2.05, 4.69) is 21.1 Å². The van der Waals surface area contributed by atoms with E-state index in [0.717, 1.165) is 18.2 Å². The maximum atomic E-state index is 13.5. The Bertz CT molecular complexity index is 875. The number of rotatable bonds is 9. The number of fused-ring (bicyclic) bond motifs is 1. The summed E-state index contributed by atoms with van der Waals surface area (Å²) in [4.78, 5) is 21.6. The molecular formula is C16H16F6N3O7+. The molecule has 1 aliphatic heterocycles. The topological polar surface area (TPSA) is 125 Å². The molecular weight excluding hydrogens is 460 g/mol. The van der Waals surface area contributed by atoms with E-state index in [1.807, 2.05) is 0 Å². The summed E-state index contributed by atoms with van der Waals surface area (Å²) in [7, 11) is 0. The third kappa shape index (κ3) is 7.17. The molecule has 0 aliphatic carbocycles. The number of alkyl halides is 6. The number of nitrogens with one attached hydrogen (secondary N) is 1. The van der Waals surface area contributed by atoms with Gasteiger partial charge >= 0.3 is 18.5 Å². The van der Waals surface area contributed by atoms with Crippen LogP contribution in [0.1, 0.15) is 5.56 Å². The minimum atomic E-state index is -5.08. The molecule has 1 aromatic carbocycles. The van der Waals surface area contributed by atoms with E-state index in [0.29, 0.717) is 6.08 Å². The van der Waals surface area contributed by atoms with Crippen molar-refractivity contribution in [3.63, 3.8) is 0 Å². The molecule has 0 spiro atoms. The summed E-state index contributed by atoms with van der Waals surface area (Å²) < 4.78 is 91.0. The van der Waals surface area contributed by atoms with Crippen LogP contribution >= 0.6 is 0 Å². The molecule has 0 fully saturated rings. The van der Waals surface area contributed by atoms with Gasteiger partial charge in [0.15, 0.2) is 11.0 Å². The molecule has 2 atom stereocenters. The highest BCUT2D eigenvalue weighted by Crippen LogP contribution is 2.39. The van der Waals surface area contributed by atoms with Gasteiger partial charge in [0.2, 0.25) is 19.4 Å². The number of nitrogens with two attached hydrogens (primary N) is 1. The van der Waals surface area contributed by atoms with Crippen molar-refractivity contribution in [3.8, 4) is 11.5 Å². The summed E-state index contributed by atoms with van der Waals surface area (Å²) >= 11 is 0. The van der Waals surface area contributed by atoms with Gasteiger partial charge in [0.1, 0.15) is 18.1 Å². The van der Waals surface area contributed by atoms with Crippen molar-refractivity contribution in [3.05, 3.63) is 29.3 Å². The molecule has 0 radical (unpaired) electrons. The van der Waals surface area contributed by atoms with Crippen LogP contribution < -0.4 is 20.9 Å². The normalized spacial score (nSPS) is 16.8. The molecule has 0 saturated carbocycles. The fraction of sp³-hybridized carbons (Fsp3) is 0.375. The maximum Gasteiger partial charge on any atom is 0.573 e. The van der Waals surface area contributed by atoms with Crippen LogP contribution in [0.15, 0.2) is 23.8 Å². The van der Waals surface area contributed by atoms with Gasteiger partial charge in [-0.1, -0.05) is 0 Å². The fourth-order valence-corrected chi connectivity index (χ4v) is 2.43. The first-order valence-corrected chi connectivity index (χ1v) is 8.35. The number of ether oxygens (including phenoxy) is 3. The number of halogens is 6. The number of hydrazine groups is 1. The van der Waals surface area contributed by atoms with Crippen molar-refractivity contribution in [1.82, 2.24) is 5.59 Å². The Labute approximate surface area is 175 Å². The first-order valence-electron chi connectivity index (χ1n) is 8.35.